The first-order valence-corrected chi connectivity index (χ1v) is 40.1. The fourth-order valence-electron chi connectivity index (χ4n) is 15.8. The first kappa shape index (κ1) is 29.7. The van der Waals surface area contributed by atoms with E-state index in [-0.39, 0.29) is 0 Å². The van der Waals surface area contributed by atoms with Gasteiger partial charge in [0.1, 0.15) is 0 Å². The zero-order chi connectivity index (χ0) is 27.2. The normalized spacial score (nSPS) is 41.1. The smallest absolute Gasteiger partial charge is 0.0363 e. The van der Waals surface area contributed by atoms with Crippen LogP contribution in [-0.4, -0.2) is 46.3 Å². The molecule has 1 saturated heterocycles. The molecule has 8 rings (SSSR count). The summed E-state index contributed by atoms with van der Waals surface area (Å²) in [6.45, 7) is 0. The minimum Gasteiger partial charge on any atom is -0.0536 e. The monoisotopic (exact) mass is 656 g/mol. The minimum atomic E-state index is -1.12. The summed E-state index contributed by atoms with van der Waals surface area (Å²) in [7, 11) is -3.78. The number of rotatable bonds is 7. The van der Waals surface area contributed by atoms with Crippen LogP contribution in [0.2, 0.25) is 38.8 Å². The standard InChI is InChI=1S/C35H68Si6/c1-2-16-29(15-1)36-37(30-17-3-4-18-30)39(32-21-7-8-22-32)41(34-25-11-12-26-34,35-27-13-14-28-35)40(33-23-9-10-24-33)38(36)31-19-5-6-20-31/h29-40H,1-28H2. The van der Waals surface area contributed by atoms with Crippen LogP contribution in [0.3, 0.4) is 0 Å². The first-order chi connectivity index (χ1) is 20.4. The van der Waals surface area contributed by atoms with E-state index in [0.29, 0.717) is 0 Å². The summed E-state index contributed by atoms with van der Waals surface area (Å²) >= 11 is 0. The summed E-state index contributed by atoms with van der Waals surface area (Å²) in [6, 6.07) is 0. The van der Waals surface area contributed by atoms with E-state index in [1.807, 2.05) is 89.9 Å². The Morgan fingerprint density at radius 1 is 0.268 bits per heavy atom. The highest BCUT2D eigenvalue weighted by molar-refractivity contribution is 8.00. The predicted molar refractivity (Wildman–Crippen MR) is 197 cm³/mol. The zero-order valence-electron chi connectivity index (χ0n) is 27.2. The average molecular weight is 657 g/mol. The van der Waals surface area contributed by atoms with Gasteiger partial charge in [-0.3, -0.25) is 0 Å². The summed E-state index contributed by atoms with van der Waals surface area (Å²) in [4.78, 5) is 0. The highest BCUT2D eigenvalue weighted by Gasteiger charge is 2.72. The molecule has 4 unspecified atom stereocenters. The van der Waals surface area contributed by atoms with Crippen molar-refractivity contribution in [2.45, 2.75) is 219 Å². The highest BCUT2D eigenvalue weighted by atomic mass is 30.2. The molecule has 0 nitrogen and oxygen atoms in total. The molecule has 0 radical (unpaired) electrons. The van der Waals surface area contributed by atoms with Crippen molar-refractivity contribution in [2.75, 3.05) is 0 Å². The van der Waals surface area contributed by atoms with Gasteiger partial charge in [-0.15, -0.1) is 0 Å². The second kappa shape index (κ2) is 13.2. The molecule has 4 atom stereocenters. The van der Waals surface area contributed by atoms with Gasteiger partial charge >= 0.3 is 0 Å². The van der Waals surface area contributed by atoms with E-state index in [9.17, 15) is 0 Å². The van der Waals surface area contributed by atoms with Gasteiger partial charge in [0.15, 0.2) is 0 Å². The second-order valence-corrected chi connectivity index (χ2v) is 73.0. The third kappa shape index (κ3) is 5.24. The van der Waals surface area contributed by atoms with Crippen molar-refractivity contribution in [3.05, 3.63) is 0 Å². The summed E-state index contributed by atoms with van der Waals surface area (Å²) in [5.74, 6) is 0. The number of hydrogen-bond acceptors (Lipinski definition) is 0. The third-order valence-electron chi connectivity index (χ3n) is 16.6. The fraction of sp³-hybridized carbons (Fsp3) is 1.00. The van der Waals surface area contributed by atoms with Crippen molar-refractivity contribution in [1.29, 1.82) is 0 Å². The maximum atomic E-state index is 1.84. The van der Waals surface area contributed by atoms with Crippen molar-refractivity contribution >= 4 is 46.3 Å². The second-order valence-electron chi connectivity index (χ2n) is 18.0. The third-order valence-corrected chi connectivity index (χ3v) is 143. The SMILES string of the molecule is C1CCC([SiH]2[SiH](C3CCCC3)[SiH](C3CCCC3)[Si](C3CCCC3)(C3CCCC3)[SiH](C3CCCC3)[SiH]2C2CCCC2)C1. The van der Waals surface area contributed by atoms with E-state index in [1.54, 1.807) is 89.9 Å². The summed E-state index contributed by atoms with van der Waals surface area (Å²) in [5, 5.41) is 0. The van der Waals surface area contributed by atoms with Gasteiger partial charge in [0.05, 0.1) is 0 Å². The quantitative estimate of drug-likeness (QED) is 0.239. The van der Waals surface area contributed by atoms with Gasteiger partial charge in [-0.1, -0.05) is 207 Å². The molecule has 0 N–H and O–H groups in total. The van der Waals surface area contributed by atoms with Crippen LogP contribution in [0.25, 0.3) is 0 Å². The largest absolute Gasteiger partial charge is 0.0536 e. The van der Waals surface area contributed by atoms with E-state index in [2.05, 4.69) is 0 Å². The van der Waals surface area contributed by atoms with E-state index in [0.717, 1.165) is 0 Å². The van der Waals surface area contributed by atoms with Gasteiger partial charge in [-0.05, 0) is 11.1 Å². The Hall–Kier alpha value is 1.30. The van der Waals surface area contributed by atoms with Crippen LogP contribution >= 0.6 is 0 Å². The molecule has 6 heteroatoms. The van der Waals surface area contributed by atoms with E-state index >= 15 is 0 Å². The molecule has 232 valence electrons. The van der Waals surface area contributed by atoms with Crippen LogP contribution in [0.15, 0.2) is 0 Å². The van der Waals surface area contributed by atoms with Crippen molar-refractivity contribution in [2.24, 2.45) is 0 Å². The van der Waals surface area contributed by atoms with Crippen LogP contribution in [0.4, 0.5) is 0 Å². The van der Waals surface area contributed by atoms with Gasteiger partial charge < -0.3 is 0 Å². The average Bonchev–Trinajstić information content (AvgIpc) is 3.87. The van der Waals surface area contributed by atoms with E-state index < -0.39 is 46.3 Å². The predicted octanol–water partition coefficient (Wildman–Crippen LogP) is 9.66. The maximum absolute atomic E-state index is 1.84. The van der Waals surface area contributed by atoms with Crippen LogP contribution in [0, 0.1) is 0 Å². The van der Waals surface area contributed by atoms with Crippen LogP contribution in [0.5, 0.6) is 0 Å². The molecule has 0 amide bonds. The lowest BCUT2D eigenvalue weighted by molar-refractivity contribution is 0.763. The lowest BCUT2D eigenvalue weighted by atomic mass is 10.3. The summed E-state index contributed by atoms with van der Waals surface area (Å²) in [6.07, 6.45) is 49.4. The molecule has 1 heterocycles. The minimum absolute atomic E-state index is 0.475. The highest BCUT2D eigenvalue weighted by Crippen LogP contribution is 2.63. The van der Waals surface area contributed by atoms with Crippen molar-refractivity contribution in [1.82, 2.24) is 0 Å². The van der Waals surface area contributed by atoms with Gasteiger partial charge in [-0.2, -0.15) is 0 Å². The molecule has 0 aromatic rings. The van der Waals surface area contributed by atoms with Crippen molar-refractivity contribution in [3.8, 4) is 0 Å². The van der Waals surface area contributed by atoms with Crippen LogP contribution in [0.1, 0.15) is 180 Å². The molecular formula is C35H68Si6. The Morgan fingerprint density at radius 2 is 0.512 bits per heavy atom. The zero-order valence-corrected chi connectivity index (χ0v) is 34.0. The van der Waals surface area contributed by atoms with Crippen molar-refractivity contribution in [3.63, 3.8) is 0 Å². The lowest BCUT2D eigenvalue weighted by Gasteiger charge is -2.67. The molecular weight excluding hydrogens is 589 g/mol. The Morgan fingerprint density at radius 3 is 0.829 bits per heavy atom. The Balaban J connectivity index is 1.37. The first-order valence-electron chi connectivity index (χ1n) is 20.4. The van der Waals surface area contributed by atoms with Gasteiger partial charge in [0, 0.05) is 46.3 Å². The summed E-state index contributed by atoms with van der Waals surface area (Å²) in [5.41, 5.74) is 10.3. The van der Waals surface area contributed by atoms with E-state index in [4.69, 9.17) is 0 Å². The van der Waals surface area contributed by atoms with Gasteiger partial charge in [-0.25, -0.2) is 0 Å². The van der Waals surface area contributed by atoms with Crippen LogP contribution < -0.4 is 0 Å². The molecule has 8 fully saturated rings. The molecule has 1 aliphatic heterocycles. The Bertz CT molecular complexity index is 777. The molecule has 0 aromatic heterocycles. The molecule has 0 aromatic carbocycles. The van der Waals surface area contributed by atoms with Gasteiger partial charge in [0.2, 0.25) is 0 Å². The molecule has 7 aliphatic carbocycles. The summed E-state index contributed by atoms with van der Waals surface area (Å²) < 4.78 is 0. The molecule has 0 bridgehead atoms. The molecule has 0 spiro atoms. The number of hydrogen-bond donors (Lipinski definition) is 0. The van der Waals surface area contributed by atoms with Crippen molar-refractivity contribution < 1.29 is 0 Å². The maximum Gasteiger partial charge on any atom is 0.0363 e. The molecule has 8 aliphatic rings. The Kier molecular flexibility index (Phi) is 9.55. The van der Waals surface area contributed by atoms with Gasteiger partial charge in [0.25, 0.3) is 0 Å². The lowest BCUT2D eigenvalue weighted by Crippen LogP contribution is -2.89. The van der Waals surface area contributed by atoms with E-state index in [1.165, 1.54) is 38.8 Å². The molecule has 7 saturated carbocycles. The topological polar surface area (TPSA) is 0 Å². The molecule has 41 heavy (non-hydrogen) atoms. The Labute approximate surface area is 263 Å². The van der Waals surface area contributed by atoms with Crippen LogP contribution in [-0.2, 0) is 0 Å². The fourth-order valence-corrected chi connectivity index (χ4v) is 272.